The van der Waals surface area contributed by atoms with E-state index in [0.29, 0.717) is 0 Å². The standard InChI is InChI=1S/C9H14N2O3/c1-5-3-7(6(2)14-5)11-4-8(12)10-9(11)13/h5-7H,3-4H2,1-2H3,(H,10,12,13). The van der Waals surface area contributed by atoms with E-state index in [1.54, 1.807) is 4.90 Å². The maximum atomic E-state index is 11.4. The topological polar surface area (TPSA) is 58.6 Å². The van der Waals surface area contributed by atoms with E-state index in [0.717, 1.165) is 6.42 Å². The minimum atomic E-state index is -0.287. The number of amides is 3. The third kappa shape index (κ3) is 1.48. The SMILES string of the molecule is CC1CC(N2CC(=O)NC2=O)C(C)O1. The Morgan fingerprint density at radius 3 is 2.57 bits per heavy atom. The molecular formula is C9H14N2O3. The minimum absolute atomic E-state index is 0.0154. The van der Waals surface area contributed by atoms with Crippen LogP contribution in [0.4, 0.5) is 4.79 Å². The average molecular weight is 198 g/mol. The largest absolute Gasteiger partial charge is 0.373 e. The summed E-state index contributed by atoms with van der Waals surface area (Å²) in [7, 11) is 0. The molecule has 2 heterocycles. The van der Waals surface area contributed by atoms with E-state index >= 15 is 0 Å². The normalized spacial score (nSPS) is 37.9. The van der Waals surface area contributed by atoms with Gasteiger partial charge < -0.3 is 9.64 Å². The van der Waals surface area contributed by atoms with Gasteiger partial charge in [-0.25, -0.2) is 4.79 Å². The van der Waals surface area contributed by atoms with Crippen molar-refractivity contribution in [2.75, 3.05) is 6.54 Å². The van der Waals surface area contributed by atoms with E-state index in [2.05, 4.69) is 5.32 Å². The van der Waals surface area contributed by atoms with Gasteiger partial charge in [-0.05, 0) is 20.3 Å². The lowest BCUT2D eigenvalue weighted by molar-refractivity contribution is -0.118. The lowest BCUT2D eigenvalue weighted by Gasteiger charge is -2.23. The second kappa shape index (κ2) is 3.24. The molecule has 78 valence electrons. The second-order valence-corrected chi connectivity index (χ2v) is 3.94. The number of ether oxygens (including phenoxy) is 1. The zero-order chi connectivity index (χ0) is 10.3. The quantitative estimate of drug-likeness (QED) is 0.608. The molecule has 0 bridgehead atoms. The average Bonchev–Trinajstić information content (AvgIpc) is 2.55. The molecule has 0 saturated carbocycles. The van der Waals surface area contributed by atoms with E-state index in [1.165, 1.54) is 0 Å². The van der Waals surface area contributed by atoms with Crippen LogP contribution in [0.5, 0.6) is 0 Å². The minimum Gasteiger partial charge on any atom is -0.373 e. The number of nitrogens with one attached hydrogen (secondary N) is 1. The van der Waals surface area contributed by atoms with Crippen molar-refractivity contribution >= 4 is 11.9 Å². The van der Waals surface area contributed by atoms with E-state index in [-0.39, 0.29) is 36.7 Å². The van der Waals surface area contributed by atoms with Crippen molar-refractivity contribution in [3.05, 3.63) is 0 Å². The van der Waals surface area contributed by atoms with Crippen molar-refractivity contribution in [2.24, 2.45) is 0 Å². The van der Waals surface area contributed by atoms with Crippen molar-refractivity contribution in [1.82, 2.24) is 10.2 Å². The zero-order valence-corrected chi connectivity index (χ0v) is 8.32. The van der Waals surface area contributed by atoms with Gasteiger partial charge >= 0.3 is 6.03 Å². The lowest BCUT2D eigenvalue weighted by atomic mass is 10.1. The molecule has 5 heteroatoms. The molecule has 3 unspecified atom stereocenters. The molecule has 0 aliphatic carbocycles. The molecule has 2 fully saturated rings. The van der Waals surface area contributed by atoms with Crippen LogP contribution in [0.2, 0.25) is 0 Å². The molecule has 0 radical (unpaired) electrons. The van der Waals surface area contributed by atoms with Crippen LogP contribution in [-0.2, 0) is 9.53 Å². The second-order valence-electron chi connectivity index (χ2n) is 3.94. The molecule has 0 aromatic rings. The number of imide groups is 1. The number of rotatable bonds is 1. The predicted octanol–water partition coefficient (Wildman–Crippen LogP) is 0.104. The number of carbonyl (C=O) groups excluding carboxylic acids is 2. The Hall–Kier alpha value is -1.10. The van der Waals surface area contributed by atoms with Crippen LogP contribution in [0, 0.1) is 0 Å². The number of nitrogens with zero attached hydrogens (tertiary/aromatic N) is 1. The van der Waals surface area contributed by atoms with Crippen LogP contribution >= 0.6 is 0 Å². The summed E-state index contributed by atoms with van der Waals surface area (Å²) >= 11 is 0. The molecule has 0 spiro atoms. The van der Waals surface area contributed by atoms with Gasteiger partial charge in [-0.15, -0.1) is 0 Å². The van der Waals surface area contributed by atoms with Gasteiger partial charge in [0, 0.05) is 0 Å². The summed E-state index contributed by atoms with van der Waals surface area (Å²) in [5, 5.41) is 2.27. The van der Waals surface area contributed by atoms with E-state index in [9.17, 15) is 9.59 Å². The third-order valence-electron chi connectivity index (χ3n) is 2.78. The summed E-state index contributed by atoms with van der Waals surface area (Å²) in [5.74, 6) is -0.221. The zero-order valence-electron chi connectivity index (χ0n) is 8.32. The first-order valence-electron chi connectivity index (χ1n) is 4.84. The van der Waals surface area contributed by atoms with Gasteiger partial charge in [0.25, 0.3) is 0 Å². The molecule has 0 aromatic heterocycles. The van der Waals surface area contributed by atoms with Gasteiger partial charge in [0.1, 0.15) is 6.54 Å². The molecule has 5 nitrogen and oxygen atoms in total. The molecule has 2 saturated heterocycles. The van der Waals surface area contributed by atoms with Crippen LogP contribution in [0.15, 0.2) is 0 Å². The first kappa shape index (κ1) is 9.45. The fourth-order valence-corrected chi connectivity index (χ4v) is 2.15. The first-order chi connectivity index (χ1) is 6.58. The molecule has 2 aliphatic heterocycles. The number of hydrogen-bond acceptors (Lipinski definition) is 3. The van der Waals surface area contributed by atoms with Gasteiger partial charge in [0.2, 0.25) is 5.91 Å². The summed E-state index contributed by atoms with van der Waals surface area (Å²) in [6.07, 6.45) is 0.988. The first-order valence-corrected chi connectivity index (χ1v) is 4.84. The molecule has 3 amide bonds. The highest BCUT2D eigenvalue weighted by Gasteiger charge is 2.40. The van der Waals surface area contributed by atoms with Gasteiger partial charge in [-0.3, -0.25) is 10.1 Å². The van der Waals surface area contributed by atoms with Crippen LogP contribution in [0.3, 0.4) is 0 Å². The predicted molar refractivity (Wildman–Crippen MR) is 48.7 cm³/mol. The van der Waals surface area contributed by atoms with Crippen molar-refractivity contribution in [3.8, 4) is 0 Å². The van der Waals surface area contributed by atoms with Gasteiger partial charge in [-0.2, -0.15) is 0 Å². The third-order valence-corrected chi connectivity index (χ3v) is 2.78. The highest BCUT2D eigenvalue weighted by molar-refractivity contribution is 6.02. The van der Waals surface area contributed by atoms with E-state index in [4.69, 9.17) is 4.74 Å². The Labute approximate surface area is 82.4 Å². The molecular weight excluding hydrogens is 184 g/mol. The molecule has 2 aliphatic rings. The lowest BCUT2D eigenvalue weighted by Crippen LogP contribution is -2.41. The summed E-state index contributed by atoms with van der Waals surface area (Å²) in [5.41, 5.74) is 0. The molecule has 1 N–H and O–H groups in total. The Morgan fingerprint density at radius 2 is 2.14 bits per heavy atom. The summed E-state index contributed by atoms with van der Waals surface area (Å²) < 4.78 is 5.54. The van der Waals surface area contributed by atoms with Crippen LogP contribution in [0.1, 0.15) is 20.3 Å². The number of carbonyl (C=O) groups is 2. The Morgan fingerprint density at radius 1 is 1.43 bits per heavy atom. The highest BCUT2D eigenvalue weighted by Crippen LogP contribution is 2.25. The maximum Gasteiger partial charge on any atom is 0.324 e. The number of hydrogen-bond donors (Lipinski definition) is 1. The molecule has 2 rings (SSSR count). The molecule has 14 heavy (non-hydrogen) atoms. The van der Waals surface area contributed by atoms with E-state index < -0.39 is 0 Å². The fourth-order valence-electron chi connectivity index (χ4n) is 2.15. The molecule has 3 atom stereocenters. The van der Waals surface area contributed by atoms with Crippen molar-refractivity contribution in [1.29, 1.82) is 0 Å². The van der Waals surface area contributed by atoms with E-state index in [1.807, 2.05) is 13.8 Å². The van der Waals surface area contributed by atoms with Crippen molar-refractivity contribution in [2.45, 2.75) is 38.5 Å². The summed E-state index contributed by atoms with van der Waals surface area (Å²) in [6.45, 7) is 4.08. The van der Waals surface area contributed by atoms with Gasteiger partial charge in [0.15, 0.2) is 0 Å². The monoisotopic (exact) mass is 198 g/mol. The van der Waals surface area contributed by atoms with Gasteiger partial charge in [-0.1, -0.05) is 0 Å². The van der Waals surface area contributed by atoms with Crippen LogP contribution in [0.25, 0.3) is 0 Å². The smallest absolute Gasteiger partial charge is 0.324 e. The van der Waals surface area contributed by atoms with Crippen LogP contribution < -0.4 is 5.32 Å². The highest BCUT2D eigenvalue weighted by atomic mass is 16.5. The van der Waals surface area contributed by atoms with Crippen molar-refractivity contribution < 1.29 is 14.3 Å². The number of urea groups is 1. The fraction of sp³-hybridized carbons (Fsp3) is 0.778. The van der Waals surface area contributed by atoms with Crippen molar-refractivity contribution in [3.63, 3.8) is 0 Å². The summed E-state index contributed by atoms with van der Waals surface area (Å²) in [4.78, 5) is 23.9. The Balaban J connectivity index is 2.08. The molecule has 0 aromatic carbocycles. The van der Waals surface area contributed by atoms with Gasteiger partial charge in [0.05, 0.1) is 18.2 Å². The van der Waals surface area contributed by atoms with Crippen LogP contribution in [-0.4, -0.2) is 41.6 Å². The summed E-state index contributed by atoms with van der Waals surface area (Å²) in [6, 6.07) is -0.249. The Bertz CT molecular complexity index is 279. The maximum absolute atomic E-state index is 11.4. The Kier molecular flexibility index (Phi) is 2.19.